The third-order valence-corrected chi connectivity index (χ3v) is 5.79. The van der Waals surface area contributed by atoms with Gasteiger partial charge in [-0.2, -0.15) is 0 Å². The summed E-state index contributed by atoms with van der Waals surface area (Å²) in [6.45, 7) is 3.09. The second-order valence-corrected chi connectivity index (χ2v) is 7.28. The molecule has 3 heteroatoms. The average molecular weight is 338 g/mol. The number of aryl methyl sites for hydroxylation is 1. The fourth-order valence-electron chi connectivity index (χ4n) is 3.82. The molecule has 20 heavy (non-hydrogen) atoms. The average Bonchev–Trinajstić information content (AvgIpc) is 2.42. The highest BCUT2D eigenvalue weighted by Crippen LogP contribution is 2.47. The number of benzene rings is 1. The Kier molecular flexibility index (Phi) is 4.21. The smallest absolute Gasteiger partial charge is 0.0686 e. The maximum Gasteiger partial charge on any atom is 0.0686 e. The number of ether oxygens (including phenoxy) is 1. The molecule has 110 valence electrons. The Bertz CT molecular complexity index is 484. The third-order valence-electron chi connectivity index (χ3n) is 5.06. The zero-order valence-electron chi connectivity index (χ0n) is 12.4. The minimum Gasteiger partial charge on any atom is -0.375 e. The highest BCUT2D eigenvalue weighted by atomic mass is 79.9. The summed E-state index contributed by atoms with van der Waals surface area (Å²) in [6, 6.07) is 7.07. The van der Waals surface area contributed by atoms with Crippen molar-refractivity contribution in [2.45, 2.75) is 50.7 Å². The number of halogens is 1. The van der Waals surface area contributed by atoms with Gasteiger partial charge in [0.25, 0.3) is 0 Å². The van der Waals surface area contributed by atoms with Crippen LogP contribution in [-0.2, 0) is 4.74 Å². The Labute approximate surface area is 130 Å². The van der Waals surface area contributed by atoms with E-state index in [9.17, 15) is 0 Å². The first-order chi connectivity index (χ1) is 9.63. The molecule has 2 atom stereocenters. The molecule has 1 aliphatic heterocycles. The fraction of sp³-hybridized carbons (Fsp3) is 0.647. The van der Waals surface area contributed by atoms with Gasteiger partial charge in [0.1, 0.15) is 0 Å². The molecule has 1 heterocycles. The standard InChI is InChI=1S/C17H24BrNO/c1-12-4-5-15(18)14(10-12)16(19-2)13-6-9-20-17(11-13)7-3-8-17/h4-5,10,13,16,19H,3,6-9,11H2,1-2H3. The lowest BCUT2D eigenvalue weighted by atomic mass is 9.69. The second-order valence-electron chi connectivity index (χ2n) is 6.43. The summed E-state index contributed by atoms with van der Waals surface area (Å²) in [5.74, 6) is 0.673. The van der Waals surface area contributed by atoms with Crippen molar-refractivity contribution in [2.24, 2.45) is 5.92 Å². The molecule has 2 aliphatic rings. The van der Waals surface area contributed by atoms with Crippen LogP contribution in [-0.4, -0.2) is 19.3 Å². The van der Waals surface area contributed by atoms with Gasteiger partial charge >= 0.3 is 0 Å². The molecule has 1 aromatic carbocycles. The van der Waals surface area contributed by atoms with Gasteiger partial charge in [0.05, 0.1) is 5.60 Å². The summed E-state index contributed by atoms with van der Waals surface area (Å²) in [5.41, 5.74) is 2.94. The van der Waals surface area contributed by atoms with E-state index in [0.29, 0.717) is 12.0 Å². The van der Waals surface area contributed by atoms with Crippen LogP contribution in [0.3, 0.4) is 0 Å². The molecule has 3 rings (SSSR count). The number of hydrogen-bond donors (Lipinski definition) is 1. The molecule has 2 nitrogen and oxygen atoms in total. The Morgan fingerprint density at radius 2 is 2.20 bits per heavy atom. The van der Waals surface area contributed by atoms with Crippen LogP contribution >= 0.6 is 15.9 Å². The lowest BCUT2D eigenvalue weighted by Gasteiger charge is -2.49. The second kappa shape index (κ2) is 5.78. The highest BCUT2D eigenvalue weighted by molar-refractivity contribution is 9.10. The number of nitrogens with one attached hydrogen (secondary N) is 1. The molecule has 1 saturated carbocycles. The van der Waals surface area contributed by atoms with Crippen molar-refractivity contribution in [3.05, 3.63) is 33.8 Å². The van der Waals surface area contributed by atoms with Crippen LogP contribution in [0.4, 0.5) is 0 Å². The van der Waals surface area contributed by atoms with Gasteiger partial charge in [-0.3, -0.25) is 0 Å². The van der Waals surface area contributed by atoms with Gasteiger partial charge < -0.3 is 10.1 Å². The summed E-state index contributed by atoms with van der Waals surface area (Å²) in [4.78, 5) is 0. The van der Waals surface area contributed by atoms with Crippen molar-refractivity contribution in [1.82, 2.24) is 5.32 Å². The predicted molar refractivity (Wildman–Crippen MR) is 85.9 cm³/mol. The molecule has 0 amide bonds. The molecular weight excluding hydrogens is 314 g/mol. The quantitative estimate of drug-likeness (QED) is 0.884. The van der Waals surface area contributed by atoms with E-state index in [4.69, 9.17) is 4.74 Å². The van der Waals surface area contributed by atoms with Crippen molar-refractivity contribution in [2.75, 3.05) is 13.7 Å². The van der Waals surface area contributed by atoms with Crippen molar-refractivity contribution < 1.29 is 4.74 Å². The highest BCUT2D eigenvalue weighted by Gasteiger charge is 2.44. The number of hydrogen-bond acceptors (Lipinski definition) is 2. The molecular formula is C17H24BrNO. The molecule has 1 spiro atoms. The van der Waals surface area contributed by atoms with E-state index in [-0.39, 0.29) is 5.60 Å². The van der Waals surface area contributed by atoms with Gasteiger partial charge in [0.2, 0.25) is 0 Å². The Morgan fingerprint density at radius 1 is 1.40 bits per heavy atom. The minimum atomic E-state index is 0.217. The first-order valence-corrected chi connectivity index (χ1v) is 8.50. The van der Waals surface area contributed by atoms with Crippen LogP contribution in [0.5, 0.6) is 0 Å². The molecule has 0 aromatic heterocycles. The summed E-state index contributed by atoms with van der Waals surface area (Å²) < 4.78 is 7.30. The normalized spacial score (nSPS) is 26.2. The summed E-state index contributed by atoms with van der Waals surface area (Å²) in [6.07, 6.45) is 6.22. The SMILES string of the molecule is CNC(c1cc(C)ccc1Br)C1CCOC2(CCC2)C1. The topological polar surface area (TPSA) is 21.3 Å². The largest absolute Gasteiger partial charge is 0.375 e. The zero-order valence-corrected chi connectivity index (χ0v) is 14.0. The molecule has 1 saturated heterocycles. The van der Waals surface area contributed by atoms with Gasteiger partial charge in [-0.15, -0.1) is 0 Å². The van der Waals surface area contributed by atoms with Crippen LogP contribution in [0.15, 0.2) is 22.7 Å². The summed E-state index contributed by atoms with van der Waals surface area (Å²) in [7, 11) is 2.09. The molecule has 0 radical (unpaired) electrons. The zero-order chi connectivity index (χ0) is 14.2. The van der Waals surface area contributed by atoms with E-state index < -0.39 is 0 Å². The van der Waals surface area contributed by atoms with Crippen molar-refractivity contribution in [1.29, 1.82) is 0 Å². The van der Waals surface area contributed by atoms with Crippen molar-refractivity contribution in [3.8, 4) is 0 Å². The first-order valence-electron chi connectivity index (χ1n) is 7.71. The molecule has 0 bridgehead atoms. The molecule has 2 unspecified atom stereocenters. The van der Waals surface area contributed by atoms with Crippen LogP contribution in [0.25, 0.3) is 0 Å². The summed E-state index contributed by atoms with van der Waals surface area (Å²) in [5, 5.41) is 3.56. The van der Waals surface area contributed by atoms with Crippen LogP contribution in [0.1, 0.15) is 49.3 Å². The first kappa shape index (κ1) is 14.6. The van der Waals surface area contributed by atoms with E-state index >= 15 is 0 Å². The lowest BCUT2D eigenvalue weighted by Crippen LogP contribution is -2.47. The van der Waals surface area contributed by atoms with E-state index in [0.717, 1.165) is 13.0 Å². The van der Waals surface area contributed by atoms with Crippen molar-refractivity contribution >= 4 is 15.9 Å². The van der Waals surface area contributed by atoms with Crippen molar-refractivity contribution in [3.63, 3.8) is 0 Å². The monoisotopic (exact) mass is 337 g/mol. The van der Waals surface area contributed by atoms with E-state index in [1.807, 2.05) is 0 Å². The van der Waals surface area contributed by atoms with Gasteiger partial charge in [-0.1, -0.05) is 33.6 Å². The lowest BCUT2D eigenvalue weighted by molar-refractivity contribution is -0.147. The maximum atomic E-state index is 6.08. The van der Waals surface area contributed by atoms with E-state index in [1.165, 1.54) is 41.3 Å². The van der Waals surface area contributed by atoms with Gasteiger partial charge in [0.15, 0.2) is 0 Å². The Balaban J connectivity index is 1.83. The maximum absolute atomic E-state index is 6.08. The van der Waals surface area contributed by atoms with Crippen LogP contribution < -0.4 is 5.32 Å². The number of rotatable bonds is 3. The van der Waals surface area contributed by atoms with E-state index in [1.54, 1.807) is 0 Å². The molecule has 2 fully saturated rings. The van der Waals surface area contributed by atoms with Gasteiger partial charge in [-0.25, -0.2) is 0 Å². The molecule has 1 aromatic rings. The third kappa shape index (κ3) is 2.68. The Morgan fingerprint density at radius 3 is 2.85 bits per heavy atom. The van der Waals surface area contributed by atoms with Gasteiger partial charge in [-0.05, 0) is 63.6 Å². The molecule has 1 aliphatic carbocycles. The van der Waals surface area contributed by atoms with Crippen LogP contribution in [0, 0.1) is 12.8 Å². The van der Waals surface area contributed by atoms with Crippen LogP contribution in [0.2, 0.25) is 0 Å². The fourth-order valence-corrected chi connectivity index (χ4v) is 4.31. The van der Waals surface area contributed by atoms with E-state index in [2.05, 4.69) is 53.4 Å². The van der Waals surface area contributed by atoms with Gasteiger partial charge in [0, 0.05) is 17.1 Å². The minimum absolute atomic E-state index is 0.217. The summed E-state index contributed by atoms with van der Waals surface area (Å²) >= 11 is 3.73. The molecule has 1 N–H and O–H groups in total. The Hall–Kier alpha value is -0.380. The predicted octanol–water partition coefficient (Wildman–Crippen LogP) is 4.37.